The van der Waals surface area contributed by atoms with Crippen molar-refractivity contribution in [2.45, 2.75) is 32.2 Å². The Morgan fingerprint density at radius 3 is 2.48 bits per heavy atom. The molecule has 2 aliphatic heterocycles. The molecule has 0 bridgehead atoms. The number of carbonyl (C=O) groups excluding carboxylic acids is 1. The zero-order valence-electron chi connectivity index (χ0n) is 19.3. The molecule has 0 unspecified atom stereocenters. The molecule has 9 nitrogen and oxygen atoms in total. The van der Waals surface area contributed by atoms with E-state index in [1.165, 1.54) is 4.31 Å². The van der Waals surface area contributed by atoms with E-state index in [4.69, 9.17) is 9.47 Å². The average Bonchev–Trinajstić information content (AvgIpc) is 3.08. The van der Waals surface area contributed by atoms with Crippen LogP contribution in [0.5, 0.6) is 5.75 Å². The van der Waals surface area contributed by atoms with Gasteiger partial charge in [0.1, 0.15) is 5.75 Å². The van der Waals surface area contributed by atoms with Crippen LogP contribution >= 0.6 is 0 Å². The first-order valence-electron chi connectivity index (χ1n) is 11.7. The van der Waals surface area contributed by atoms with Gasteiger partial charge in [0.2, 0.25) is 0 Å². The maximum atomic E-state index is 13.0. The largest absolute Gasteiger partial charge is 0.483 e. The Morgan fingerprint density at radius 2 is 1.70 bits per heavy atom. The molecule has 0 aliphatic carbocycles. The number of fused-ring (bicyclic) bond motifs is 1. The minimum Gasteiger partial charge on any atom is -0.483 e. The van der Waals surface area contributed by atoms with Crippen LogP contribution in [0.25, 0.3) is 10.9 Å². The summed E-state index contributed by atoms with van der Waals surface area (Å²) >= 11 is 0. The molecule has 0 radical (unpaired) electrons. The maximum absolute atomic E-state index is 13.0. The van der Waals surface area contributed by atoms with Crippen LogP contribution in [0.1, 0.15) is 25.7 Å². The fourth-order valence-electron chi connectivity index (χ4n) is 4.57. The third-order valence-corrected chi connectivity index (χ3v) is 8.47. The predicted molar refractivity (Wildman–Crippen MR) is 126 cm³/mol. The molecule has 2 aromatic rings. The van der Waals surface area contributed by atoms with Crippen LogP contribution in [0.2, 0.25) is 0 Å². The van der Waals surface area contributed by atoms with E-state index in [2.05, 4.69) is 4.57 Å². The molecule has 0 spiro atoms. The Morgan fingerprint density at radius 1 is 0.939 bits per heavy atom. The first kappa shape index (κ1) is 24.0. The second kappa shape index (κ2) is 10.9. The van der Waals surface area contributed by atoms with Crippen molar-refractivity contribution < 1.29 is 22.7 Å². The zero-order valence-corrected chi connectivity index (χ0v) is 20.1. The number of carbonyl (C=O) groups is 1. The third kappa shape index (κ3) is 5.51. The quantitative estimate of drug-likeness (QED) is 0.579. The van der Waals surface area contributed by atoms with Crippen LogP contribution in [0.4, 0.5) is 0 Å². The number of nitrogens with zero attached hydrogens (tertiary/aromatic N) is 4. The van der Waals surface area contributed by atoms with Gasteiger partial charge in [-0.2, -0.15) is 17.0 Å². The normalized spacial score (nSPS) is 19.0. The van der Waals surface area contributed by atoms with E-state index in [-0.39, 0.29) is 12.5 Å². The third-order valence-electron chi connectivity index (χ3n) is 6.44. The smallest absolute Gasteiger partial charge is 0.282 e. The van der Waals surface area contributed by atoms with Gasteiger partial charge in [0.05, 0.1) is 12.1 Å². The summed E-state index contributed by atoms with van der Waals surface area (Å²) in [5.74, 6) is 0.546. The Kier molecular flexibility index (Phi) is 7.90. The molecule has 1 amide bonds. The summed E-state index contributed by atoms with van der Waals surface area (Å²) in [6, 6.07) is 7.79. The van der Waals surface area contributed by atoms with Gasteiger partial charge in [0.15, 0.2) is 6.61 Å². The van der Waals surface area contributed by atoms with Crippen molar-refractivity contribution in [3.63, 3.8) is 0 Å². The van der Waals surface area contributed by atoms with E-state index >= 15 is 0 Å². The molecule has 33 heavy (non-hydrogen) atoms. The lowest BCUT2D eigenvalue weighted by Crippen LogP contribution is -2.47. The highest BCUT2D eigenvalue weighted by Crippen LogP contribution is 2.27. The molecule has 2 saturated heterocycles. The van der Waals surface area contributed by atoms with Crippen LogP contribution in [0.3, 0.4) is 0 Å². The summed E-state index contributed by atoms with van der Waals surface area (Å²) in [5.41, 5.74) is 1.03. The molecule has 0 saturated carbocycles. The summed E-state index contributed by atoms with van der Waals surface area (Å²) in [4.78, 5) is 14.6. The number of hydrogen-bond donors (Lipinski definition) is 0. The summed E-state index contributed by atoms with van der Waals surface area (Å²) < 4.78 is 42.3. The van der Waals surface area contributed by atoms with E-state index in [1.54, 1.807) is 16.3 Å². The fourth-order valence-corrected chi connectivity index (χ4v) is 6.29. The van der Waals surface area contributed by atoms with Gasteiger partial charge in [-0.25, -0.2) is 0 Å². The molecule has 0 N–H and O–H groups in total. The van der Waals surface area contributed by atoms with Gasteiger partial charge >= 0.3 is 0 Å². The van der Waals surface area contributed by atoms with Crippen molar-refractivity contribution in [3.05, 3.63) is 30.5 Å². The van der Waals surface area contributed by atoms with Gasteiger partial charge in [0, 0.05) is 64.5 Å². The lowest BCUT2D eigenvalue weighted by molar-refractivity contribution is -0.133. The number of methoxy groups -OCH3 is 1. The summed E-state index contributed by atoms with van der Waals surface area (Å²) in [6.07, 6.45) is 5.52. The molecule has 2 fully saturated rings. The van der Waals surface area contributed by atoms with Gasteiger partial charge < -0.3 is 18.9 Å². The van der Waals surface area contributed by atoms with Gasteiger partial charge in [-0.15, -0.1) is 0 Å². The summed E-state index contributed by atoms with van der Waals surface area (Å²) in [7, 11) is -1.78. The number of ether oxygens (including phenoxy) is 2. The van der Waals surface area contributed by atoms with Crippen molar-refractivity contribution in [1.29, 1.82) is 0 Å². The second-order valence-electron chi connectivity index (χ2n) is 8.58. The molecule has 182 valence electrons. The second-order valence-corrected chi connectivity index (χ2v) is 10.5. The number of amides is 1. The van der Waals surface area contributed by atoms with E-state index in [9.17, 15) is 13.2 Å². The molecule has 0 atom stereocenters. The number of aromatic nitrogens is 1. The van der Waals surface area contributed by atoms with Gasteiger partial charge in [-0.3, -0.25) is 4.79 Å². The van der Waals surface area contributed by atoms with E-state index in [0.717, 1.165) is 36.7 Å². The molecular formula is C23H34N4O5S. The van der Waals surface area contributed by atoms with Crippen LogP contribution in [-0.2, 0) is 26.3 Å². The highest BCUT2D eigenvalue weighted by atomic mass is 32.2. The Hall–Kier alpha value is -2.14. The topological polar surface area (TPSA) is 84.3 Å². The number of rotatable bonds is 8. The molecule has 4 rings (SSSR count). The molecule has 10 heteroatoms. The minimum atomic E-state index is -3.46. The molecule has 2 aliphatic rings. The van der Waals surface area contributed by atoms with Gasteiger partial charge in [0.25, 0.3) is 16.1 Å². The average molecular weight is 479 g/mol. The molecular weight excluding hydrogens is 444 g/mol. The first-order chi connectivity index (χ1) is 16.0. The van der Waals surface area contributed by atoms with E-state index < -0.39 is 10.2 Å². The Bertz CT molecular complexity index is 1050. The SMILES string of the molecule is COCCn1ccc2c(OCC(=O)N3CCCN(S(=O)(=O)N4CCCCC4)CC3)cccc21. The predicted octanol–water partition coefficient (Wildman–Crippen LogP) is 1.93. The van der Waals surface area contributed by atoms with Crippen molar-refractivity contribution in [3.8, 4) is 5.75 Å². The lowest BCUT2D eigenvalue weighted by Gasteiger charge is -2.31. The van der Waals surface area contributed by atoms with Gasteiger partial charge in [-0.1, -0.05) is 12.5 Å². The fraction of sp³-hybridized carbons (Fsp3) is 0.609. The number of hydrogen-bond acceptors (Lipinski definition) is 5. The van der Waals surface area contributed by atoms with Crippen LogP contribution in [0, 0.1) is 0 Å². The van der Waals surface area contributed by atoms with Crippen LogP contribution in [0.15, 0.2) is 30.5 Å². The van der Waals surface area contributed by atoms with E-state index in [1.807, 2.05) is 30.5 Å². The summed E-state index contributed by atoms with van der Waals surface area (Å²) in [5, 5.41) is 0.955. The van der Waals surface area contributed by atoms with Crippen molar-refractivity contribution in [1.82, 2.24) is 18.1 Å². The lowest BCUT2D eigenvalue weighted by atomic mass is 10.2. The Labute approximate surface area is 196 Å². The monoisotopic (exact) mass is 478 g/mol. The number of benzene rings is 1. The number of piperidine rings is 1. The Balaban J connectivity index is 1.34. The molecule has 1 aromatic carbocycles. The van der Waals surface area contributed by atoms with Crippen molar-refractivity contribution >= 4 is 27.0 Å². The molecule has 1 aromatic heterocycles. The highest BCUT2D eigenvalue weighted by Gasteiger charge is 2.32. The van der Waals surface area contributed by atoms with Crippen LogP contribution < -0.4 is 4.74 Å². The maximum Gasteiger partial charge on any atom is 0.282 e. The van der Waals surface area contributed by atoms with Crippen LogP contribution in [-0.4, -0.2) is 92.0 Å². The highest BCUT2D eigenvalue weighted by molar-refractivity contribution is 7.86. The minimum absolute atomic E-state index is 0.0682. The van der Waals surface area contributed by atoms with E-state index in [0.29, 0.717) is 58.0 Å². The summed E-state index contributed by atoms with van der Waals surface area (Å²) in [6.45, 7) is 4.15. The van der Waals surface area contributed by atoms with Gasteiger partial charge in [-0.05, 0) is 37.5 Å². The van der Waals surface area contributed by atoms with Crippen molar-refractivity contribution in [2.24, 2.45) is 0 Å². The zero-order chi connectivity index (χ0) is 23.3. The molecule has 3 heterocycles. The standard InChI is InChI=1S/C23H34N4O5S/c1-31-18-17-24-14-9-20-21(24)7-5-8-22(20)32-19-23(28)25-10-6-13-27(16-15-25)33(29,30)26-11-3-2-4-12-26/h5,7-9,14H,2-4,6,10-13,15-19H2,1H3. The van der Waals surface area contributed by atoms with Crippen molar-refractivity contribution in [2.75, 3.05) is 59.6 Å². The first-order valence-corrected chi connectivity index (χ1v) is 13.1.